The lowest BCUT2D eigenvalue weighted by molar-refractivity contribution is -0.141. The van der Waals surface area contributed by atoms with Gasteiger partial charge in [0, 0.05) is 6.54 Å². The summed E-state index contributed by atoms with van der Waals surface area (Å²) in [4.78, 5) is 23.4. The molecule has 2 unspecified atom stereocenters. The molecule has 0 aromatic heterocycles. The molecule has 0 aromatic rings. The number of carboxylic acids is 1. The maximum atomic E-state index is 12.3. The topological polar surface area (TPSA) is 102 Å². The quantitative estimate of drug-likeness (QED) is 0.692. The predicted molar refractivity (Wildman–Crippen MR) is 73.2 cm³/mol. The van der Waals surface area contributed by atoms with Crippen LogP contribution in [0.4, 0.5) is 0 Å². The van der Waals surface area contributed by atoms with Crippen LogP contribution in [0.2, 0.25) is 0 Å². The molecule has 1 heterocycles. The molecule has 2 atom stereocenters. The van der Waals surface area contributed by atoms with Gasteiger partial charge in [-0.1, -0.05) is 19.3 Å². The van der Waals surface area contributed by atoms with Crippen LogP contribution in [0.15, 0.2) is 0 Å². The summed E-state index contributed by atoms with van der Waals surface area (Å²) < 4.78 is 5.58. The molecule has 20 heavy (non-hydrogen) atoms. The van der Waals surface area contributed by atoms with Gasteiger partial charge in [0.15, 0.2) is 0 Å². The van der Waals surface area contributed by atoms with Crippen LogP contribution < -0.4 is 11.1 Å². The fraction of sp³-hybridized carbons (Fsp3) is 0.857. The van der Waals surface area contributed by atoms with Gasteiger partial charge in [-0.15, -0.1) is 0 Å². The molecule has 2 rings (SSSR count). The van der Waals surface area contributed by atoms with E-state index in [9.17, 15) is 9.59 Å². The third kappa shape index (κ3) is 3.70. The molecule has 0 spiro atoms. The van der Waals surface area contributed by atoms with Crippen molar-refractivity contribution in [2.45, 2.75) is 69.1 Å². The largest absolute Gasteiger partial charge is 0.481 e. The lowest BCUT2D eigenvalue weighted by Gasteiger charge is -2.37. The van der Waals surface area contributed by atoms with Crippen LogP contribution in [-0.2, 0) is 14.3 Å². The molecule has 2 fully saturated rings. The second kappa shape index (κ2) is 6.54. The number of carbonyl (C=O) groups is 2. The van der Waals surface area contributed by atoms with Crippen LogP contribution in [0.5, 0.6) is 0 Å². The average molecular weight is 284 g/mol. The first-order chi connectivity index (χ1) is 9.54. The molecular weight excluding hydrogens is 260 g/mol. The van der Waals surface area contributed by atoms with E-state index in [0.29, 0.717) is 13.0 Å². The zero-order valence-corrected chi connectivity index (χ0v) is 11.8. The van der Waals surface area contributed by atoms with Gasteiger partial charge < -0.3 is 20.9 Å². The monoisotopic (exact) mass is 284 g/mol. The number of amides is 1. The van der Waals surface area contributed by atoms with Crippen molar-refractivity contribution in [3.8, 4) is 0 Å². The Morgan fingerprint density at radius 1 is 1.25 bits per heavy atom. The smallest absolute Gasteiger partial charge is 0.305 e. The minimum absolute atomic E-state index is 0.00816. The molecule has 0 aromatic carbocycles. The molecule has 0 bridgehead atoms. The summed E-state index contributed by atoms with van der Waals surface area (Å²) in [5.74, 6) is -1.04. The van der Waals surface area contributed by atoms with E-state index in [2.05, 4.69) is 5.32 Å². The van der Waals surface area contributed by atoms with Crippen molar-refractivity contribution in [2.75, 3.05) is 6.54 Å². The normalized spacial score (nSPS) is 29.1. The van der Waals surface area contributed by atoms with E-state index < -0.39 is 17.6 Å². The van der Waals surface area contributed by atoms with Crippen LogP contribution in [-0.4, -0.2) is 41.3 Å². The van der Waals surface area contributed by atoms with Gasteiger partial charge in [-0.3, -0.25) is 9.59 Å². The molecule has 114 valence electrons. The van der Waals surface area contributed by atoms with E-state index in [-0.39, 0.29) is 18.4 Å². The molecule has 1 aliphatic heterocycles. The van der Waals surface area contributed by atoms with Crippen LogP contribution >= 0.6 is 0 Å². The van der Waals surface area contributed by atoms with Crippen molar-refractivity contribution in [3.63, 3.8) is 0 Å². The number of aliphatic carboxylic acids is 1. The van der Waals surface area contributed by atoms with Crippen molar-refractivity contribution in [2.24, 2.45) is 5.73 Å². The number of hydrogen-bond acceptors (Lipinski definition) is 4. The Morgan fingerprint density at radius 3 is 2.50 bits per heavy atom. The van der Waals surface area contributed by atoms with E-state index in [1.165, 1.54) is 0 Å². The van der Waals surface area contributed by atoms with Crippen molar-refractivity contribution in [3.05, 3.63) is 0 Å². The third-order valence-corrected chi connectivity index (χ3v) is 4.35. The molecule has 1 amide bonds. The number of nitrogens with two attached hydrogens (primary N) is 1. The zero-order chi connectivity index (χ0) is 14.6. The van der Waals surface area contributed by atoms with Gasteiger partial charge in [0.2, 0.25) is 5.91 Å². The van der Waals surface area contributed by atoms with Crippen LogP contribution in [0.3, 0.4) is 0 Å². The standard InChI is InChI=1S/C14H24N2O4/c15-9-10-4-5-11(20-10)13(19)16-14(8-12(17)18)6-2-1-3-7-14/h10-11H,1-9,15H2,(H,16,19)(H,17,18). The highest BCUT2D eigenvalue weighted by Crippen LogP contribution is 2.32. The SMILES string of the molecule is NCC1CCC(C(=O)NC2(CC(=O)O)CCCCC2)O1. The maximum absolute atomic E-state index is 12.3. The average Bonchev–Trinajstić information content (AvgIpc) is 2.87. The lowest BCUT2D eigenvalue weighted by atomic mass is 9.79. The lowest BCUT2D eigenvalue weighted by Crippen LogP contribution is -2.54. The summed E-state index contributed by atoms with van der Waals surface area (Å²) in [6.07, 6.45) is 5.42. The van der Waals surface area contributed by atoms with E-state index in [1.54, 1.807) is 0 Å². The fourth-order valence-electron chi connectivity index (χ4n) is 3.28. The van der Waals surface area contributed by atoms with Crippen molar-refractivity contribution < 1.29 is 19.4 Å². The fourth-order valence-corrected chi connectivity index (χ4v) is 3.28. The molecule has 6 heteroatoms. The molecule has 6 nitrogen and oxygen atoms in total. The number of ether oxygens (including phenoxy) is 1. The molecule has 0 radical (unpaired) electrons. The van der Waals surface area contributed by atoms with E-state index in [1.807, 2.05) is 0 Å². The summed E-state index contributed by atoms with van der Waals surface area (Å²) in [5.41, 5.74) is 4.95. The highest BCUT2D eigenvalue weighted by atomic mass is 16.5. The van der Waals surface area contributed by atoms with E-state index in [4.69, 9.17) is 15.6 Å². The van der Waals surface area contributed by atoms with Crippen molar-refractivity contribution in [1.29, 1.82) is 0 Å². The molecular formula is C14H24N2O4. The summed E-state index contributed by atoms with van der Waals surface area (Å²) in [6.45, 7) is 0.421. The summed E-state index contributed by atoms with van der Waals surface area (Å²) in [6, 6.07) is 0. The van der Waals surface area contributed by atoms with Crippen LogP contribution in [0.25, 0.3) is 0 Å². The number of carbonyl (C=O) groups excluding carboxylic acids is 1. The Hall–Kier alpha value is -1.14. The minimum atomic E-state index is -0.862. The van der Waals surface area contributed by atoms with Gasteiger partial charge in [0.25, 0.3) is 0 Å². The summed E-state index contributed by atoms with van der Waals surface area (Å²) in [5, 5.41) is 12.1. The Kier molecular flexibility index (Phi) is 4.99. The second-order valence-corrected chi connectivity index (χ2v) is 5.96. The summed E-state index contributed by atoms with van der Waals surface area (Å²) >= 11 is 0. The zero-order valence-electron chi connectivity index (χ0n) is 11.8. The van der Waals surface area contributed by atoms with E-state index in [0.717, 1.165) is 38.5 Å². The summed E-state index contributed by atoms with van der Waals surface area (Å²) in [7, 11) is 0. The molecule has 2 aliphatic rings. The number of rotatable bonds is 5. The second-order valence-electron chi connectivity index (χ2n) is 5.96. The van der Waals surface area contributed by atoms with Gasteiger partial charge in [-0.25, -0.2) is 0 Å². The van der Waals surface area contributed by atoms with Crippen LogP contribution in [0, 0.1) is 0 Å². The first-order valence-corrected chi connectivity index (χ1v) is 7.44. The Bertz CT molecular complexity index is 366. The van der Waals surface area contributed by atoms with Crippen molar-refractivity contribution >= 4 is 11.9 Å². The van der Waals surface area contributed by atoms with Gasteiger partial charge in [0.1, 0.15) is 6.10 Å². The highest BCUT2D eigenvalue weighted by Gasteiger charge is 2.39. The predicted octanol–water partition coefficient (Wildman–Crippen LogP) is 0.786. The minimum Gasteiger partial charge on any atom is -0.481 e. The Balaban J connectivity index is 1.96. The third-order valence-electron chi connectivity index (χ3n) is 4.35. The Labute approximate surface area is 119 Å². The molecule has 1 saturated heterocycles. The van der Waals surface area contributed by atoms with Gasteiger partial charge in [-0.05, 0) is 25.7 Å². The first-order valence-electron chi connectivity index (χ1n) is 7.44. The highest BCUT2D eigenvalue weighted by molar-refractivity contribution is 5.82. The Morgan fingerprint density at radius 2 is 1.95 bits per heavy atom. The number of carboxylic acid groups (broad SMARTS) is 1. The molecule has 4 N–H and O–H groups in total. The molecule has 1 saturated carbocycles. The first kappa shape index (κ1) is 15.3. The van der Waals surface area contributed by atoms with Gasteiger partial charge >= 0.3 is 5.97 Å². The maximum Gasteiger partial charge on any atom is 0.305 e. The number of hydrogen-bond donors (Lipinski definition) is 3. The van der Waals surface area contributed by atoms with Gasteiger partial charge in [0.05, 0.1) is 18.1 Å². The van der Waals surface area contributed by atoms with Crippen molar-refractivity contribution in [1.82, 2.24) is 5.32 Å². The van der Waals surface area contributed by atoms with Crippen LogP contribution in [0.1, 0.15) is 51.4 Å². The van der Waals surface area contributed by atoms with E-state index >= 15 is 0 Å². The molecule has 1 aliphatic carbocycles. The van der Waals surface area contributed by atoms with Gasteiger partial charge in [-0.2, -0.15) is 0 Å². The number of nitrogens with one attached hydrogen (secondary N) is 1.